The van der Waals surface area contributed by atoms with Crippen molar-refractivity contribution in [1.29, 1.82) is 0 Å². The fourth-order valence-corrected chi connectivity index (χ4v) is 2.84. The van der Waals surface area contributed by atoms with Crippen molar-refractivity contribution in [1.82, 2.24) is 0 Å². The predicted octanol–water partition coefficient (Wildman–Crippen LogP) is -0.354. The second-order valence-electron chi connectivity index (χ2n) is 4.99. The highest BCUT2D eigenvalue weighted by atomic mass is 16.8. The first-order chi connectivity index (χ1) is 7.94. The van der Waals surface area contributed by atoms with Gasteiger partial charge in [-0.15, -0.1) is 0 Å². The van der Waals surface area contributed by atoms with Crippen LogP contribution in [-0.4, -0.2) is 49.1 Å². The number of hydrogen-bond donors (Lipinski definition) is 0. The highest BCUT2D eigenvalue weighted by Crippen LogP contribution is 2.46. The minimum Gasteiger partial charge on any atom is -0.468 e. The maximum Gasteiger partial charge on any atom is 0.319 e. The average Bonchev–Trinajstić information content (AvgIpc) is 2.83. The number of fused-ring (bicyclic) bond motifs is 5. The Bertz CT molecular complexity index is 389. The largest absolute Gasteiger partial charge is 0.468 e. The van der Waals surface area contributed by atoms with Gasteiger partial charge in [-0.3, -0.25) is 9.59 Å². The van der Waals surface area contributed by atoms with Gasteiger partial charge >= 0.3 is 5.97 Å². The van der Waals surface area contributed by atoms with E-state index in [2.05, 4.69) is 4.74 Å². The van der Waals surface area contributed by atoms with Gasteiger partial charge in [-0.25, -0.2) is 0 Å². The molecule has 3 saturated heterocycles. The number of esters is 1. The molecule has 2 bridgehead atoms. The Labute approximate surface area is 98.1 Å². The summed E-state index contributed by atoms with van der Waals surface area (Å²) in [5.74, 6) is -2.43. The molecule has 6 nitrogen and oxygen atoms in total. The van der Waals surface area contributed by atoms with E-state index in [0.29, 0.717) is 0 Å². The number of carbonyl (C=O) groups excluding carboxylic acids is 2. The summed E-state index contributed by atoms with van der Waals surface area (Å²) in [6, 6.07) is 0. The van der Waals surface area contributed by atoms with Crippen LogP contribution in [0.25, 0.3) is 0 Å². The molecule has 0 saturated carbocycles. The van der Waals surface area contributed by atoms with Gasteiger partial charge in [-0.2, -0.15) is 0 Å². The lowest BCUT2D eigenvalue weighted by molar-refractivity contribution is -0.180. The van der Waals surface area contributed by atoms with Crippen molar-refractivity contribution < 1.29 is 28.5 Å². The number of methoxy groups -OCH3 is 1. The molecule has 5 atom stereocenters. The Morgan fingerprint density at radius 1 is 1.24 bits per heavy atom. The van der Waals surface area contributed by atoms with E-state index in [1.165, 1.54) is 7.11 Å². The summed E-state index contributed by atoms with van der Waals surface area (Å²) in [7, 11) is 1.26. The van der Waals surface area contributed by atoms with Gasteiger partial charge in [-0.05, 0) is 13.8 Å². The molecule has 0 aromatic heterocycles. The fraction of sp³-hybridized carbons (Fsp3) is 0.818. The van der Waals surface area contributed by atoms with Gasteiger partial charge in [0.15, 0.2) is 11.6 Å². The normalized spacial score (nSPS) is 46.1. The van der Waals surface area contributed by atoms with Gasteiger partial charge in [0.25, 0.3) is 0 Å². The van der Waals surface area contributed by atoms with Gasteiger partial charge in [0.05, 0.1) is 7.11 Å². The minimum absolute atomic E-state index is 0.260. The van der Waals surface area contributed by atoms with Gasteiger partial charge < -0.3 is 18.9 Å². The lowest BCUT2D eigenvalue weighted by Gasteiger charge is -2.22. The fourth-order valence-electron chi connectivity index (χ4n) is 2.84. The summed E-state index contributed by atoms with van der Waals surface area (Å²) in [4.78, 5) is 23.5. The molecule has 17 heavy (non-hydrogen) atoms. The summed E-state index contributed by atoms with van der Waals surface area (Å²) in [6.07, 6.45) is -2.04. The SMILES string of the molecule is COC(=O)[C@@H]1C(=O)[C@@H]2O[C@H]1[C@H]1OC(C)(C)O[C@H]12. The standard InChI is InChI=1S/C11H14O6/c1-11(2)16-8-6-4(10(13)14-3)5(12)7(15-6)9(8)17-11/h4,6-9H,1-3H3/t4-,6-,7+,8-,9+/m1/s1. The maximum absolute atomic E-state index is 12.0. The van der Waals surface area contributed by atoms with E-state index in [0.717, 1.165) is 0 Å². The molecule has 0 aliphatic carbocycles. The summed E-state index contributed by atoms with van der Waals surface area (Å²) < 4.78 is 21.4. The molecular weight excluding hydrogens is 228 g/mol. The molecule has 3 aliphatic heterocycles. The summed E-state index contributed by atoms with van der Waals surface area (Å²) in [6.45, 7) is 3.56. The number of rotatable bonds is 1. The highest BCUT2D eigenvalue weighted by Gasteiger charge is 2.67. The van der Waals surface area contributed by atoms with E-state index in [9.17, 15) is 9.59 Å². The summed E-state index contributed by atoms with van der Waals surface area (Å²) >= 11 is 0. The minimum atomic E-state index is -0.872. The van der Waals surface area contributed by atoms with Gasteiger partial charge in [-0.1, -0.05) is 0 Å². The molecule has 0 amide bonds. The third-order valence-corrected chi connectivity index (χ3v) is 3.46. The quantitative estimate of drug-likeness (QED) is 0.462. The van der Waals surface area contributed by atoms with Crippen LogP contribution in [0.4, 0.5) is 0 Å². The van der Waals surface area contributed by atoms with Gasteiger partial charge in [0, 0.05) is 0 Å². The van der Waals surface area contributed by atoms with Gasteiger partial charge in [0.2, 0.25) is 0 Å². The van der Waals surface area contributed by atoms with Crippen molar-refractivity contribution in [2.45, 2.75) is 44.1 Å². The van der Waals surface area contributed by atoms with E-state index < -0.39 is 36.0 Å². The van der Waals surface area contributed by atoms with Crippen molar-refractivity contribution in [2.75, 3.05) is 7.11 Å². The predicted molar refractivity (Wildman–Crippen MR) is 53.0 cm³/mol. The molecule has 0 aromatic carbocycles. The molecule has 0 aromatic rings. The van der Waals surface area contributed by atoms with Crippen molar-refractivity contribution in [3.05, 3.63) is 0 Å². The molecule has 3 heterocycles. The molecule has 0 N–H and O–H groups in total. The molecule has 0 radical (unpaired) electrons. The highest BCUT2D eigenvalue weighted by molar-refractivity contribution is 6.04. The van der Waals surface area contributed by atoms with Crippen molar-refractivity contribution in [3.63, 3.8) is 0 Å². The first-order valence-corrected chi connectivity index (χ1v) is 5.57. The Morgan fingerprint density at radius 3 is 2.53 bits per heavy atom. The van der Waals surface area contributed by atoms with E-state index in [-0.39, 0.29) is 11.9 Å². The molecular formula is C11H14O6. The van der Waals surface area contributed by atoms with Crippen LogP contribution in [0.2, 0.25) is 0 Å². The second kappa shape index (κ2) is 3.28. The zero-order valence-electron chi connectivity index (χ0n) is 9.84. The van der Waals surface area contributed by atoms with Crippen molar-refractivity contribution in [2.24, 2.45) is 5.92 Å². The Kier molecular flexibility index (Phi) is 2.14. The number of hydrogen-bond acceptors (Lipinski definition) is 6. The topological polar surface area (TPSA) is 71.1 Å². The maximum atomic E-state index is 12.0. The number of ketones is 1. The molecule has 0 unspecified atom stereocenters. The van der Waals surface area contributed by atoms with Crippen molar-refractivity contribution in [3.8, 4) is 0 Å². The van der Waals surface area contributed by atoms with E-state index in [1.54, 1.807) is 13.8 Å². The van der Waals surface area contributed by atoms with Crippen LogP contribution >= 0.6 is 0 Å². The van der Waals surface area contributed by atoms with Gasteiger partial charge in [0.1, 0.15) is 30.3 Å². The first kappa shape index (κ1) is 11.1. The molecule has 6 heteroatoms. The Morgan fingerprint density at radius 2 is 1.88 bits per heavy atom. The zero-order chi connectivity index (χ0) is 12.4. The third-order valence-electron chi connectivity index (χ3n) is 3.46. The van der Waals surface area contributed by atoms with Crippen LogP contribution < -0.4 is 0 Å². The molecule has 3 fully saturated rings. The van der Waals surface area contributed by atoms with Crippen molar-refractivity contribution >= 4 is 11.8 Å². The monoisotopic (exact) mass is 242 g/mol. The van der Waals surface area contributed by atoms with Crippen LogP contribution in [0.15, 0.2) is 0 Å². The first-order valence-electron chi connectivity index (χ1n) is 5.57. The lowest BCUT2D eigenvalue weighted by Crippen LogP contribution is -2.48. The average molecular weight is 242 g/mol. The smallest absolute Gasteiger partial charge is 0.319 e. The third kappa shape index (κ3) is 1.38. The lowest BCUT2D eigenvalue weighted by atomic mass is 9.84. The van der Waals surface area contributed by atoms with E-state index in [4.69, 9.17) is 14.2 Å². The van der Waals surface area contributed by atoms with E-state index >= 15 is 0 Å². The van der Waals surface area contributed by atoms with Crippen LogP contribution in [0.5, 0.6) is 0 Å². The van der Waals surface area contributed by atoms with Crippen LogP contribution in [0.3, 0.4) is 0 Å². The molecule has 0 spiro atoms. The van der Waals surface area contributed by atoms with Crippen LogP contribution in [-0.2, 0) is 28.5 Å². The molecule has 94 valence electrons. The second-order valence-corrected chi connectivity index (χ2v) is 4.99. The van der Waals surface area contributed by atoms with Crippen LogP contribution in [0, 0.1) is 5.92 Å². The number of Topliss-reactive ketones (excluding diaryl/α,β-unsaturated/α-hetero) is 1. The molecule has 3 rings (SSSR count). The summed E-state index contributed by atoms with van der Waals surface area (Å²) in [5, 5.41) is 0. The Balaban J connectivity index is 1.89. The number of ether oxygens (including phenoxy) is 4. The molecule has 3 aliphatic rings. The zero-order valence-corrected chi connectivity index (χ0v) is 9.84. The van der Waals surface area contributed by atoms with E-state index in [1.807, 2.05) is 0 Å². The Hall–Kier alpha value is -0.980. The number of carbonyl (C=O) groups is 2. The van der Waals surface area contributed by atoms with Crippen LogP contribution in [0.1, 0.15) is 13.8 Å². The summed E-state index contributed by atoms with van der Waals surface area (Å²) in [5.41, 5.74) is 0.